The fourth-order valence-electron chi connectivity index (χ4n) is 2.88. The van der Waals surface area contributed by atoms with E-state index in [4.69, 9.17) is 31.2 Å². The highest BCUT2D eigenvalue weighted by atomic mass is 35.5. The number of aliphatic carboxylic acids is 1. The number of rotatable bonds is 5. The van der Waals surface area contributed by atoms with Gasteiger partial charge in [0, 0.05) is 56.3 Å². The van der Waals surface area contributed by atoms with Crippen LogP contribution in [0.5, 0.6) is 5.88 Å². The number of thiazole rings is 1. The Morgan fingerprint density at radius 2 is 2.03 bits per heavy atom. The van der Waals surface area contributed by atoms with Crippen molar-refractivity contribution in [3.63, 3.8) is 0 Å². The molecule has 170 valence electrons. The zero-order valence-corrected chi connectivity index (χ0v) is 19.8. The Morgan fingerprint density at radius 1 is 1.31 bits per heavy atom. The minimum Gasteiger partial charge on any atom is -0.481 e. The van der Waals surface area contributed by atoms with Crippen molar-refractivity contribution in [3.8, 4) is 16.5 Å². The standard InChI is InChI=1S/C18H18ClN5O2S2.C2H4O2/c1-26-14-8-11(2-3-21-14)16(25)23-18-22-15(13-9-12(19)10-27-13)17(28-18)24-6-4-20-5-7-24;1-2(3)4/h2-3,8-10,20H,4-7H2,1H3,(H,22,23,25);1H3,(H,3,4). The molecule has 1 aliphatic heterocycles. The van der Waals surface area contributed by atoms with Crippen LogP contribution in [0.2, 0.25) is 5.02 Å². The van der Waals surface area contributed by atoms with E-state index in [1.165, 1.54) is 18.4 Å². The first kappa shape index (κ1) is 23.9. The molecule has 3 aromatic heterocycles. The normalized spacial score (nSPS) is 13.2. The van der Waals surface area contributed by atoms with E-state index in [0.29, 0.717) is 21.6 Å². The molecule has 4 heterocycles. The molecule has 0 saturated carbocycles. The number of methoxy groups -OCH3 is 1. The van der Waals surface area contributed by atoms with Gasteiger partial charge >= 0.3 is 0 Å². The maximum absolute atomic E-state index is 12.6. The number of carboxylic acid groups (broad SMARTS) is 1. The highest BCUT2D eigenvalue weighted by Crippen LogP contribution is 2.42. The predicted octanol–water partition coefficient (Wildman–Crippen LogP) is 3.68. The number of ether oxygens (including phenoxy) is 1. The fourth-order valence-corrected chi connectivity index (χ4v) is 5.03. The zero-order chi connectivity index (χ0) is 23.1. The van der Waals surface area contributed by atoms with E-state index >= 15 is 0 Å². The predicted molar refractivity (Wildman–Crippen MR) is 128 cm³/mol. The van der Waals surface area contributed by atoms with Crippen molar-refractivity contribution in [1.82, 2.24) is 15.3 Å². The van der Waals surface area contributed by atoms with Crippen molar-refractivity contribution in [2.24, 2.45) is 0 Å². The van der Waals surface area contributed by atoms with Gasteiger partial charge in [-0.05, 0) is 12.1 Å². The van der Waals surface area contributed by atoms with E-state index in [2.05, 4.69) is 20.5 Å². The first-order valence-corrected chi connectivity index (χ1v) is 11.7. The van der Waals surface area contributed by atoms with Crippen molar-refractivity contribution in [2.75, 3.05) is 43.5 Å². The minimum atomic E-state index is -0.833. The number of nitrogens with zero attached hydrogens (tertiary/aromatic N) is 3. The molecule has 1 amide bonds. The number of amides is 1. The number of anilines is 2. The molecule has 1 saturated heterocycles. The zero-order valence-electron chi connectivity index (χ0n) is 17.4. The van der Waals surface area contributed by atoms with Crippen molar-refractivity contribution in [2.45, 2.75) is 6.92 Å². The van der Waals surface area contributed by atoms with Crippen molar-refractivity contribution in [1.29, 1.82) is 0 Å². The van der Waals surface area contributed by atoms with E-state index < -0.39 is 5.97 Å². The summed E-state index contributed by atoms with van der Waals surface area (Å²) in [6, 6.07) is 5.15. The molecular weight excluding hydrogens is 474 g/mol. The molecule has 0 unspecified atom stereocenters. The maximum Gasteiger partial charge on any atom is 0.300 e. The SMILES string of the molecule is CC(=O)O.COc1cc(C(=O)Nc2nc(-c3cc(Cl)cs3)c(N3CCNCC3)s2)ccn1. The molecule has 3 aromatic rings. The van der Waals surface area contributed by atoms with Crippen LogP contribution in [0, 0.1) is 0 Å². The highest BCUT2D eigenvalue weighted by molar-refractivity contribution is 7.21. The molecule has 3 N–H and O–H groups in total. The minimum absolute atomic E-state index is 0.253. The second-order valence-electron chi connectivity index (χ2n) is 6.60. The number of halogens is 1. The summed E-state index contributed by atoms with van der Waals surface area (Å²) in [6.07, 6.45) is 1.54. The number of nitrogens with one attached hydrogen (secondary N) is 2. The number of pyridine rings is 1. The van der Waals surface area contributed by atoms with Crippen LogP contribution in [0.15, 0.2) is 29.8 Å². The average molecular weight is 496 g/mol. The molecule has 12 heteroatoms. The Hall–Kier alpha value is -2.73. The van der Waals surface area contributed by atoms with E-state index in [0.717, 1.165) is 48.7 Å². The first-order valence-electron chi connectivity index (χ1n) is 9.59. The molecule has 0 radical (unpaired) electrons. The van der Waals surface area contributed by atoms with E-state index in [-0.39, 0.29) is 5.91 Å². The Morgan fingerprint density at radius 3 is 2.66 bits per heavy atom. The molecular formula is C20H22ClN5O4S2. The van der Waals surface area contributed by atoms with Gasteiger partial charge in [0.05, 0.1) is 17.0 Å². The van der Waals surface area contributed by atoms with Gasteiger partial charge in [-0.2, -0.15) is 0 Å². The molecule has 0 atom stereocenters. The molecule has 1 aliphatic rings. The van der Waals surface area contributed by atoms with Crippen LogP contribution in [-0.4, -0.2) is 60.2 Å². The largest absolute Gasteiger partial charge is 0.481 e. The summed E-state index contributed by atoms with van der Waals surface area (Å²) in [4.78, 5) is 33.7. The molecule has 0 aromatic carbocycles. The van der Waals surface area contributed by atoms with Gasteiger partial charge in [0.25, 0.3) is 11.9 Å². The van der Waals surface area contributed by atoms with Gasteiger partial charge in [-0.1, -0.05) is 22.9 Å². The Kier molecular flexibility index (Phi) is 8.39. The van der Waals surface area contributed by atoms with Crippen LogP contribution in [-0.2, 0) is 4.79 Å². The van der Waals surface area contributed by atoms with Crippen LogP contribution >= 0.6 is 34.3 Å². The second-order valence-corrected chi connectivity index (χ2v) is 8.92. The van der Waals surface area contributed by atoms with Crippen LogP contribution in [0.4, 0.5) is 10.1 Å². The third kappa shape index (κ3) is 6.39. The summed E-state index contributed by atoms with van der Waals surface area (Å²) in [7, 11) is 1.52. The van der Waals surface area contributed by atoms with Crippen LogP contribution in [0.3, 0.4) is 0 Å². The van der Waals surface area contributed by atoms with Gasteiger partial charge in [-0.3, -0.25) is 14.9 Å². The number of aromatic nitrogens is 2. The number of hydrogen-bond acceptors (Lipinski definition) is 9. The Balaban J connectivity index is 0.000000668. The molecule has 32 heavy (non-hydrogen) atoms. The number of carbonyl (C=O) groups excluding carboxylic acids is 1. The summed E-state index contributed by atoms with van der Waals surface area (Å²) < 4.78 is 5.09. The smallest absolute Gasteiger partial charge is 0.300 e. The highest BCUT2D eigenvalue weighted by Gasteiger charge is 2.22. The van der Waals surface area contributed by atoms with Crippen LogP contribution < -0.4 is 20.3 Å². The molecule has 9 nitrogen and oxygen atoms in total. The quantitative estimate of drug-likeness (QED) is 0.490. The number of carbonyl (C=O) groups is 2. The van der Waals surface area contributed by atoms with Gasteiger partial charge in [-0.15, -0.1) is 11.3 Å². The lowest BCUT2D eigenvalue weighted by Crippen LogP contribution is -2.43. The summed E-state index contributed by atoms with van der Waals surface area (Å²) >= 11 is 9.14. The third-order valence-corrected chi connectivity index (χ3v) is 6.56. The van der Waals surface area contributed by atoms with Crippen molar-refractivity contribution in [3.05, 3.63) is 40.4 Å². The average Bonchev–Trinajstić information content (AvgIpc) is 3.40. The van der Waals surface area contributed by atoms with Gasteiger partial charge < -0.3 is 20.1 Å². The summed E-state index contributed by atoms with van der Waals surface area (Å²) in [5.74, 6) is -0.695. The topological polar surface area (TPSA) is 117 Å². The molecule has 0 aliphatic carbocycles. The number of piperazine rings is 1. The Bertz CT molecular complexity index is 1080. The maximum atomic E-state index is 12.6. The van der Waals surface area contributed by atoms with Gasteiger partial charge in [0.2, 0.25) is 5.88 Å². The number of thiophene rings is 1. The molecule has 4 rings (SSSR count). The fraction of sp³-hybridized carbons (Fsp3) is 0.300. The second kappa shape index (κ2) is 11.2. The monoisotopic (exact) mass is 495 g/mol. The van der Waals surface area contributed by atoms with Gasteiger partial charge in [0.15, 0.2) is 5.13 Å². The lowest BCUT2D eigenvalue weighted by molar-refractivity contribution is -0.134. The number of hydrogen-bond donors (Lipinski definition) is 3. The van der Waals surface area contributed by atoms with Crippen LogP contribution in [0.1, 0.15) is 17.3 Å². The van der Waals surface area contributed by atoms with Crippen molar-refractivity contribution < 1.29 is 19.4 Å². The van der Waals surface area contributed by atoms with Crippen molar-refractivity contribution >= 4 is 56.3 Å². The van der Waals surface area contributed by atoms with E-state index in [9.17, 15) is 4.79 Å². The molecule has 1 fully saturated rings. The summed E-state index contributed by atoms with van der Waals surface area (Å²) in [6.45, 7) is 4.70. The summed E-state index contributed by atoms with van der Waals surface area (Å²) in [5, 5.41) is 17.8. The third-order valence-electron chi connectivity index (χ3n) is 4.24. The Labute approximate surface area is 198 Å². The summed E-state index contributed by atoms with van der Waals surface area (Å²) in [5.41, 5.74) is 1.32. The van der Waals surface area contributed by atoms with Gasteiger partial charge in [-0.25, -0.2) is 9.97 Å². The molecule has 0 spiro atoms. The van der Waals surface area contributed by atoms with Crippen LogP contribution in [0.25, 0.3) is 10.6 Å². The lowest BCUT2D eigenvalue weighted by Gasteiger charge is -2.28. The molecule has 0 bridgehead atoms. The van der Waals surface area contributed by atoms with Gasteiger partial charge in [0.1, 0.15) is 10.7 Å². The van der Waals surface area contributed by atoms with E-state index in [1.807, 2.05) is 11.4 Å². The lowest BCUT2D eigenvalue weighted by atomic mass is 10.2. The number of carboxylic acids is 1. The van der Waals surface area contributed by atoms with E-state index in [1.54, 1.807) is 29.7 Å². The first-order chi connectivity index (χ1) is 15.4.